The topological polar surface area (TPSA) is 17.1 Å². The Morgan fingerprint density at radius 1 is 1.07 bits per heavy atom. The van der Waals surface area contributed by atoms with E-state index in [1.807, 2.05) is 18.2 Å². The summed E-state index contributed by atoms with van der Waals surface area (Å²) in [4.78, 5) is 10.7. The highest BCUT2D eigenvalue weighted by molar-refractivity contribution is 5.73. The van der Waals surface area contributed by atoms with E-state index in [0.717, 1.165) is 24.7 Å². The Kier molecular flexibility index (Phi) is 7.43. The molecule has 1 heteroatoms. The van der Waals surface area contributed by atoms with Crippen LogP contribution in [0.25, 0.3) is 0 Å². The summed E-state index contributed by atoms with van der Waals surface area (Å²) in [6, 6.07) is 0. The van der Waals surface area contributed by atoms with Crippen molar-refractivity contribution in [3.8, 4) is 0 Å². The summed E-state index contributed by atoms with van der Waals surface area (Å²) < 4.78 is 0. The lowest BCUT2D eigenvalue weighted by Crippen LogP contribution is -1.96. The SMILES string of the molecule is C=CCC(C=O)=CC(CC=C)CC=C. The zero-order valence-corrected chi connectivity index (χ0v) is 8.61. The molecule has 0 heterocycles. The van der Waals surface area contributed by atoms with E-state index >= 15 is 0 Å². The van der Waals surface area contributed by atoms with Crippen molar-refractivity contribution < 1.29 is 4.79 Å². The van der Waals surface area contributed by atoms with Crippen LogP contribution in [0.15, 0.2) is 49.6 Å². The van der Waals surface area contributed by atoms with Gasteiger partial charge in [-0.15, -0.1) is 19.7 Å². The van der Waals surface area contributed by atoms with Gasteiger partial charge in [-0.25, -0.2) is 0 Å². The third-order valence-electron chi connectivity index (χ3n) is 1.92. The Morgan fingerprint density at radius 3 is 2.00 bits per heavy atom. The van der Waals surface area contributed by atoms with E-state index < -0.39 is 0 Å². The van der Waals surface area contributed by atoms with E-state index in [4.69, 9.17) is 0 Å². The van der Waals surface area contributed by atoms with E-state index in [1.165, 1.54) is 0 Å². The second-order valence-electron chi connectivity index (χ2n) is 3.16. The van der Waals surface area contributed by atoms with Crippen LogP contribution in [0, 0.1) is 5.92 Å². The Bertz CT molecular complexity index is 226. The molecule has 76 valence electrons. The van der Waals surface area contributed by atoms with Gasteiger partial charge in [-0.05, 0) is 30.8 Å². The molecule has 0 aromatic rings. The van der Waals surface area contributed by atoms with Gasteiger partial charge in [0.15, 0.2) is 0 Å². The molecule has 0 aliphatic carbocycles. The molecule has 0 atom stereocenters. The monoisotopic (exact) mass is 190 g/mol. The minimum absolute atomic E-state index is 0.338. The lowest BCUT2D eigenvalue weighted by molar-refractivity contribution is -0.105. The molecule has 0 aliphatic heterocycles. The Morgan fingerprint density at radius 2 is 1.64 bits per heavy atom. The van der Waals surface area contributed by atoms with E-state index in [2.05, 4.69) is 19.7 Å². The molecule has 0 saturated heterocycles. The van der Waals surface area contributed by atoms with Gasteiger partial charge < -0.3 is 0 Å². The predicted molar refractivity (Wildman–Crippen MR) is 62.1 cm³/mol. The lowest BCUT2D eigenvalue weighted by Gasteiger charge is -2.07. The number of carbonyl (C=O) groups is 1. The van der Waals surface area contributed by atoms with Crippen LogP contribution in [-0.2, 0) is 4.79 Å². The first-order valence-corrected chi connectivity index (χ1v) is 4.77. The normalized spacial score (nSPS) is 11.1. The van der Waals surface area contributed by atoms with Gasteiger partial charge in [-0.3, -0.25) is 4.79 Å². The number of carbonyl (C=O) groups excluding carboxylic acids is 1. The first-order valence-electron chi connectivity index (χ1n) is 4.77. The molecular weight excluding hydrogens is 172 g/mol. The highest BCUT2D eigenvalue weighted by Gasteiger charge is 2.02. The van der Waals surface area contributed by atoms with E-state index in [0.29, 0.717) is 12.3 Å². The van der Waals surface area contributed by atoms with Crippen LogP contribution in [0.3, 0.4) is 0 Å². The molecule has 1 nitrogen and oxygen atoms in total. The molecule has 0 fully saturated rings. The molecule has 0 radical (unpaired) electrons. The van der Waals surface area contributed by atoms with Gasteiger partial charge in [-0.2, -0.15) is 0 Å². The molecule has 0 bridgehead atoms. The Labute approximate surface area is 86.5 Å². The van der Waals surface area contributed by atoms with Crippen molar-refractivity contribution in [1.29, 1.82) is 0 Å². The average Bonchev–Trinajstić information content (AvgIpc) is 2.18. The third-order valence-corrected chi connectivity index (χ3v) is 1.92. The minimum atomic E-state index is 0.338. The van der Waals surface area contributed by atoms with Crippen LogP contribution in [0.1, 0.15) is 19.3 Å². The van der Waals surface area contributed by atoms with Gasteiger partial charge in [-0.1, -0.05) is 24.3 Å². The number of allylic oxidation sites excluding steroid dienone is 5. The molecule has 0 aromatic carbocycles. The van der Waals surface area contributed by atoms with Crippen molar-refractivity contribution in [3.63, 3.8) is 0 Å². The largest absolute Gasteiger partial charge is 0.298 e. The first-order chi connectivity index (χ1) is 6.78. The molecular formula is C13H18O. The average molecular weight is 190 g/mol. The maximum atomic E-state index is 10.7. The zero-order valence-electron chi connectivity index (χ0n) is 8.61. The number of rotatable bonds is 8. The van der Waals surface area contributed by atoms with Crippen molar-refractivity contribution in [3.05, 3.63) is 49.6 Å². The number of aldehydes is 1. The second-order valence-corrected chi connectivity index (χ2v) is 3.16. The molecule has 0 saturated carbocycles. The van der Waals surface area contributed by atoms with E-state index in [1.54, 1.807) is 6.08 Å². The van der Waals surface area contributed by atoms with Gasteiger partial charge in [0.25, 0.3) is 0 Å². The van der Waals surface area contributed by atoms with Crippen molar-refractivity contribution in [1.82, 2.24) is 0 Å². The summed E-state index contributed by atoms with van der Waals surface area (Å²) in [5.41, 5.74) is 0.786. The van der Waals surface area contributed by atoms with Crippen LogP contribution in [0.5, 0.6) is 0 Å². The first kappa shape index (κ1) is 12.6. The molecule has 0 N–H and O–H groups in total. The molecule has 0 aliphatic rings. The fourth-order valence-corrected chi connectivity index (χ4v) is 1.29. The van der Waals surface area contributed by atoms with Crippen molar-refractivity contribution >= 4 is 6.29 Å². The summed E-state index contributed by atoms with van der Waals surface area (Å²) in [6.45, 7) is 11.0. The van der Waals surface area contributed by atoms with E-state index in [9.17, 15) is 4.79 Å². The minimum Gasteiger partial charge on any atom is -0.298 e. The van der Waals surface area contributed by atoms with Crippen LogP contribution < -0.4 is 0 Å². The smallest absolute Gasteiger partial charge is 0.146 e. The quantitative estimate of drug-likeness (QED) is 0.325. The molecule has 0 spiro atoms. The molecule has 14 heavy (non-hydrogen) atoms. The zero-order chi connectivity index (χ0) is 10.8. The van der Waals surface area contributed by atoms with E-state index in [-0.39, 0.29) is 0 Å². The highest BCUT2D eigenvalue weighted by atomic mass is 16.1. The molecule has 0 amide bonds. The predicted octanol–water partition coefficient (Wildman–Crippen LogP) is 3.46. The summed E-state index contributed by atoms with van der Waals surface area (Å²) in [6.07, 6.45) is 10.7. The number of hydrogen-bond donors (Lipinski definition) is 0. The maximum absolute atomic E-state index is 10.7. The third kappa shape index (κ3) is 5.31. The van der Waals surface area contributed by atoms with Crippen LogP contribution >= 0.6 is 0 Å². The molecule has 0 aromatic heterocycles. The van der Waals surface area contributed by atoms with Gasteiger partial charge in [0.2, 0.25) is 0 Å². The van der Waals surface area contributed by atoms with Gasteiger partial charge in [0, 0.05) is 0 Å². The lowest BCUT2D eigenvalue weighted by atomic mass is 9.97. The second kappa shape index (κ2) is 8.24. The van der Waals surface area contributed by atoms with Gasteiger partial charge >= 0.3 is 0 Å². The summed E-state index contributed by atoms with van der Waals surface area (Å²) >= 11 is 0. The van der Waals surface area contributed by atoms with Crippen molar-refractivity contribution in [2.75, 3.05) is 0 Å². The number of hydrogen-bond acceptors (Lipinski definition) is 1. The molecule has 0 unspecified atom stereocenters. The van der Waals surface area contributed by atoms with Crippen LogP contribution in [0.2, 0.25) is 0 Å². The Balaban J connectivity index is 4.45. The summed E-state index contributed by atoms with van der Waals surface area (Å²) in [7, 11) is 0. The Hall–Kier alpha value is -1.37. The summed E-state index contributed by atoms with van der Waals surface area (Å²) in [5, 5.41) is 0. The van der Waals surface area contributed by atoms with Gasteiger partial charge in [0.05, 0.1) is 0 Å². The van der Waals surface area contributed by atoms with Crippen molar-refractivity contribution in [2.24, 2.45) is 5.92 Å². The fraction of sp³-hybridized carbons (Fsp3) is 0.308. The standard InChI is InChI=1S/C13H18O/c1-4-7-12(8-5-2)10-13(11-14)9-6-3/h4-6,10-12H,1-3,7-9H2. The van der Waals surface area contributed by atoms with Crippen LogP contribution in [0.4, 0.5) is 0 Å². The fourth-order valence-electron chi connectivity index (χ4n) is 1.29. The van der Waals surface area contributed by atoms with Crippen molar-refractivity contribution in [2.45, 2.75) is 19.3 Å². The molecule has 0 rings (SSSR count). The maximum Gasteiger partial charge on any atom is 0.146 e. The van der Waals surface area contributed by atoms with Gasteiger partial charge in [0.1, 0.15) is 6.29 Å². The summed E-state index contributed by atoms with van der Waals surface area (Å²) in [5.74, 6) is 0.338. The van der Waals surface area contributed by atoms with Crippen LogP contribution in [-0.4, -0.2) is 6.29 Å². The highest BCUT2D eigenvalue weighted by Crippen LogP contribution is 2.15.